The molecule has 8 heteroatoms. The number of imidazole rings is 1. The summed E-state index contributed by atoms with van der Waals surface area (Å²) in [5.74, 6) is 2.42. The summed E-state index contributed by atoms with van der Waals surface area (Å²) in [5, 5.41) is 0. The summed E-state index contributed by atoms with van der Waals surface area (Å²) in [7, 11) is 0. The van der Waals surface area contributed by atoms with Crippen LogP contribution >= 0.6 is 0 Å². The molecular weight excluding hydrogens is 402 g/mol. The van der Waals surface area contributed by atoms with Crippen LogP contribution in [0.4, 0.5) is 11.8 Å². The zero-order valence-corrected chi connectivity index (χ0v) is 18.8. The highest BCUT2D eigenvalue weighted by Crippen LogP contribution is 2.36. The van der Waals surface area contributed by atoms with Gasteiger partial charge in [0.15, 0.2) is 5.65 Å². The molecule has 1 aliphatic rings. The first-order valence-corrected chi connectivity index (χ1v) is 10.9. The highest BCUT2D eigenvalue weighted by Gasteiger charge is 2.24. The first kappa shape index (κ1) is 20.2. The fraction of sp³-hybridized carbons (Fsp3) is 0.333. The number of pyridine rings is 1. The van der Waals surface area contributed by atoms with Crippen molar-refractivity contribution in [2.45, 2.75) is 40.2 Å². The normalized spacial score (nSPS) is 13.8. The van der Waals surface area contributed by atoms with Crippen molar-refractivity contribution in [3.05, 3.63) is 53.1 Å². The SMILES string of the molecule is Cc1cc(-c2cnc3nc[nH]c3c2)cc2c1OCCN(c1nc(N)nc(C)c1C(C)C)C2. The third-order valence-corrected chi connectivity index (χ3v) is 5.94. The number of aryl methyl sites for hydroxylation is 2. The molecule has 1 aromatic carbocycles. The van der Waals surface area contributed by atoms with E-state index in [1.54, 1.807) is 6.33 Å². The molecule has 1 aliphatic heterocycles. The second kappa shape index (κ2) is 7.78. The largest absolute Gasteiger partial charge is 0.491 e. The number of hydrogen-bond donors (Lipinski definition) is 2. The lowest BCUT2D eigenvalue weighted by molar-refractivity contribution is 0.329. The lowest BCUT2D eigenvalue weighted by Gasteiger charge is -2.26. The first-order chi connectivity index (χ1) is 15.4. The van der Waals surface area contributed by atoms with Crippen molar-refractivity contribution in [1.82, 2.24) is 24.9 Å². The molecule has 4 aromatic rings. The summed E-state index contributed by atoms with van der Waals surface area (Å²) in [6, 6.07) is 6.42. The van der Waals surface area contributed by atoms with Crippen LogP contribution in [0.15, 0.2) is 30.7 Å². The molecule has 0 bridgehead atoms. The van der Waals surface area contributed by atoms with Crippen LogP contribution in [0.25, 0.3) is 22.3 Å². The molecule has 3 aromatic heterocycles. The average molecular weight is 430 g/mol. The second-order valence-electron chi connectivity index (χ2n) is 8.61. The van der Waals surface area contributed by atoms with Crippen LogP contribution < -0.4 is 15.4 Å². The Morgan fingerprint density at radius 2 is 1.94 bits per heavy atom. The summed E-state index contributed by atoms with van der Waals surface area (Å²) >= 11 is 0. The van der Waals surface area contributed by atoms with Crippen LogP contribution in [0.3, 0.4) is 0 Å². The monoisotopic (exact) mass is 429 g/mol. The van der Waals surface area contributed by atoms with E-state index in [4.69, 9.17) is 10.5 Å². The van der Waals surface area contributed by atoms with Crippen molar-refractivity contribution >= 4 is 22.9 Å². The minimum Gasteiger partial charge on any atom is -0.491 e. The zero-order valence-electron chi connectivity index (χ0n) is 18.8. The standard InChI is InChI=1S/C24H27N7O/c1-13(2)20-15(4)29-24(25)30-23(20)31-5-6-32-21-14(3)7-16(8-18(21)11-31)17-9-19-22(26-10-17)28-12-27-19/h7-10,12-13H,5-6,11H2,1-4H3,(H2,25,29,30)(H,26,27,28). The van der Waals surface area contributed by atoms with Gasteiger partial charge in [-0.1, -0.05) is 13.8 Å². The van der Waals surface area contributed by atoms with Gasteiger partial charge in [-0.3, -0.25) is 0 Å². The number of fused-ring (bicyclic) bond motifs is 2. The Bertz CT molecular complexity index is 1310. The number of aromatic nitrogens is 5. The van der Waals surface area contributed by atoms with Crippen LogP contribution in [-0.4, -0.2) is 38.1 Å². The van der Waals surface area contributed by atoms with E-state index < -0.39 is 0 Å². The number of nitrogen functional groups attached to an aromatic ring is 1. The van der Waals surface area contributed by atoms with Gasteiger partial charge in [-0.25, -0.2) is 15.0 Å². The van der Waals surface area contributed by atoms with Gasteiger partial charge >= 0.3 is 0 Å². The van der Waals surface area contributed by atoms with Gasteiger partial charge in [0.2, 0.25) is 5.95 Å². The van der Waals surface area contributed by atoms with Crippen LogP contribution in [0.2, 0.25) is 0 Å². The Labute approximate surface area is 186 Å². The van der Waals surface area contributed by atoms with Gasteiger partial charge in [-0.15, -0.1) is 0 Å². The molecule has 164 valence electrons. The molecule has 0 unspecified atom stereocenters. The van der Waals surface area contributed by atoms with Gasteiger partial charge in [0.1, 0.15) is 18.2 Å². The fourth-order valence-corrected chi connectivity index (χ4v) is 4.55. The molecule has 8 nitrogen and oxygen atoms in total. The molecule has 0 amide bonds. The smallest absolute Gasteiger partial charge is 0.222 e. The molecule has 32 heavy (non-hydrogen) atoms. The second-order valence-corrected chi connectivity index (χ2v) is 8.61. The number of anilines is 2. The van der Waals surface area contributed by atoms with E-state index in [0.29, 0.717) is 24.7 Å². The number of rotatable bonds is 3. The Morgan fingerprint density at radius 1 is 1.09 bits per heavy atom. The lowest BCUT2D eigenvalue weighted by atomic mass is 9.99. The van der Waals surface area contributed by atoms with E-state index in [9.17, 15) is 0 Å². The van der Waals surface area contributed by atoms with Gasteiger partial charge in [0.05, 0.1) is 18.4 Å². The quantitative estimate of drug-likeness (QED) is 0.504. The lowest BCUT2D eigenvalue weighted by Crippen LogP contribution is -2.28. The van der Waals surface area contributed by atoms with Gasteiger partial charge < -0.3 is 20.4 Å². The van der Waals surface area contributed by atoms with Gasteiger partial charge in [-0.05, 0) is 49.1 Å². The van der Waals surface area contributed by atoms with Crippen LogP contribution in [0.1, 0.15) is 42.1 Å². The van der Waals surface area contributed by atoms with Gasteiger partial charge in [0.25, 0.3) is 0 Å². The Balaban J connectivity index is 1.58. The summed E-state index contributed by atoms with van der Waals surface area (Å²) in [6.45, 7) is 10.4. The number of nitrogens with two attached hydrogens (primary N) is 1. The number of benzene rings is 1. The number of aromatic amines is 1. The number of hydrogen-bond acceptors (Lipinski definition) is 7. The van der Waals surface area contributed by atoms with E-state index in [0.717, 1.165) is 57.1 Å². The summed E-state index contributed by atoms with van der Waals surface area (Å²) < 4.78 is 6.19. The predicted octanol–water partition coefficient (Wildman–Crippen LogP) is 4.14. The highest BCUT2D eigenvalue weighted by atomic mass is 16.5. The van der Waals surface area contributed by atoms with Crippen molar-refractivity contribution in [2.75, 3.05) is 23.8 Å². The third kappa shape index (κ3) is 3.51. The molecule has 0 spiro atoms. The molecule has 0 saturated carbocycles. The van der Waals surface area contributed by atoms with Crippen LogP contribution in [-0.2, 0) is 6.54 Å². The summed E-state index contributed by atoms with van der Waals surface area (Å²) in [6.07, 6.45) is 3.53. The van der Waals surface area contributed by atoms with Gasteiger partial charge in [0, 0.05) is 35.1 Å². The predicted molar refractivity (Wildman–Crippen MR) is 126 cm³/mol. The number of ether oxygens (including phenoxy) is 1. The average Bonchev–Trinajstić information content (AvgIpc) is 3.10. The van der Waals surface area contributed by atoms with Crippen LogP contribution in [0.5, 0.6) is 5.75 Å². The molecule has 0 fully saturated rings. The van der Waals surface area contributed by atoms with E-state index in [1.165, 1.54) is 0 Å². The third-order valence-electron chi connectivity index (χ3n) is 5.94. The van der Waals surface area contributed by atoms with Crippen molar-refractivity contribution in [3.63, 3.8) is 0 Å². The molecule has 4 heterocycles. The summed E-state index contributed by atoms with van der Waals surface area (Å²) in [5.41, 5.74) is 14.1. The van der Waals surface area contributed by atoms with Crippen LogP contribution in [0, 0.1) is 13.8 Å². The Kier molecular flexibility index (Phi) is 4.92. The van der Waals surface area contributed by atoms with E-state index in [1.807, 2.05) is 13.1 Å². The minimum absolute atomic E-state index is 0.287. The maximum absolute atomic E-state index is 6.19. The zero-order chi connectivity index (χ0) is 22.4. The minimum atomic E-state index is 0.287. The van der Waals surface area contributed by atoms with Crippen molar-refractivity contribution in [1.29, 1.82) is 0 Å². The van der Waals surface area contributed by atoms with Crippen molar-refractivity contribution in [2.24, 2.45) is 0 Å². The fourth-order valence-electron chi connectivity index (χ4n) is 4.55. The molecule has 0 aliphatic carbocycles. The maximum atomic E-state index is 6.19. The first-order valence-electron chi connectivity index (χ1n) is 10.9. The van der Waals surface area contributed by atoms with E-state index in [2.05, 4.69) is 68.8 Å². The molecule has 0 atom stereocenters. The molecule has 3 N–H and O–H groups in total. The Morgan fingerprint density at radius 3 is 2.75 bits per heavy atom. The number of nitrogens with one attached hydrogen (secondary N) is 1. The van der Waals surface area contributed by atoms with Gasteiger partial charge in [-0.2, -0.15) is 4.98 Å². The molecule has 0 radical (unpaired) electrons. The van der Waals surface area contributed by atoms with Crippen molar-refractivity contribution in [3.8, 4) is 16.9 Å². The Hall–Kier alpha value is -3.68. The molecule has 5 rings (SSSR count). The number of nitrogens with zero attached hydrogens (tertiary/aromatic N) is 5. The topological polar surface area (TPSA) is 106 Å². The molecular formula is C24H27N7O. The molecule has 0 saturated heterocycles. The van der Waals surface area contributed by atoms with E-state index in [-0.39, 0.29) is 5.92 Å². The maximum Gasteiger partial charge on any atom is 0.222 e. The number of H-pyrrole nitrogens is 1. The van der Waals surface area contributed by atoms with E-state index >= 15 is 0 Å². The van der Waals surface area contributed by atoms with Crippen molar-refractivity contribution < 1.29 is 4.74 Å². The highest BCUT2D eigenvalue weighted by molar-refractivity contribution is 5.78. The summed E-state index contributed by atoms with van der Waals surface area (Å²) in [4.78, 5) is 23.1.